The summed E-state index contributed by atoms with van der Waals surface area (Å²) in [7, 11) is 4.75. The lowest BCUT2D eigenvalue weighted by Gasteiger charge is -2.16. The van der Waals surface area contributed by atoms with Crippen LogP contribution in [0.25, 0.3) is 0 Å². The predicted octanol–water partition coefficient (Wildman–Crippen LogP) is 3.85. The third-order valence-electron chi connectivity index (χ3n) is 3.35. The first kappa shape index (κ1) is 18.2. The second-order valence-corrected chi connectivity index (χ2v) is 5.62. The van der Waals surface area contributed by atoms with Gasteiger partial charge in [-0.2, -0.15) is 0 Å². The Hall–Kier alpha value is -2.18. The van der Waals surface area contributed by atoms with E-state index in [0.29, 0.717) is 33.9 Å². The molecule has 0 spiro atoms. The molecule has 2 aromatic rings. The normalized spacial score (nSPS) is 10.0. The number of hydrogen-bond acceptors (Lipinski definition) is 4. The van der Waals surface area contributed by atoms with Gasteiger partial charge in [-0.3, -0.25) is 0 Å². The molecule has 0 saturated carbocycles. The molecule has 5 nitrogen and oxygen atoms in total. The average Bonchev–Trinajstić information content (AvgIpc) is 2.61. The summed E-state index contributed by atoms with van der Waals surface area (Å²) in [6, 6.07) is 11.2. The molecule has 2 aromatic carbocycles. The maximum atomic E-state index is 6.10. The van der Waals surface area contributed by atoms with Gasteiger partial charge in [0.05, 0.1) is 32.0 Å². The number of para-hydroxylation sites is 1. The number of nitrogens with one attached hydrogen (secondary N) is 2. The minimum absolute atomic E-state index is 0.448. The molecule has 2 N–H and O–H groups in total. The first-order valence-corrected chi connectivity index (χ1v) is 7.96. The fourth-order valence-electron chi connectivity index (χ4n) is 2.15. The lowest BCUT2D eigenvalue weighted by Crippen LogP contribution is -2.28. The molecule has 0 heterocycles. The summed E-state index contributed by atoms with van der Waals surface area (Å²) in [6.07, 6.45) is 0. The zero-order chi connectivity index (χ0) is 17.5. The van der Waals surface area contributed by atoms with Gasteiger partial charge in [-0.05, 0) is 18.3 Å². The van der Waals surface area contributed by atoms with Crippen LogP contribution in [0.1, 0.15) is 5.56 Å². The van der Waals surface area contributed by atoms with Crippen molar-refractivity contribution in [2.45, 2.75) is 6.54 Å². The van der Waals surface area contributed by atoms with Gasteiger partial charge in [0.15, 0.2) is 5.11 Å². The van der Waals surface area contributed by atoms with Crippen LogP contribution in [0.3, 0.4) is 0 Å². The lowest BCUT2D eigenvalue weighted by atomic mass is 10.2. The summed E-state index contributed by atoms with van der Waals surface area (Å²) in [6.45, 7) is 0.531. The highest BCUT2D eigenvalue weighted by Gasteiger charge is 2.11. The number of anilines is 1. The first-order chi connectivity index (χ1) is 11.6. The molecule has 7 heteroatoms. The zero-order valence-electron chi connectivity index (χ0n) is 13.7. The van der Waals surface area contributed by atoms with Gasteiger partial charge < -0.3 is 24.8 Å². The zero-order valence-corrected chi connectivity index (χ0v) is 15.3. The fourth-order valence-corrected chi connectivity index (χ4v) is 2.56. The van der Waals surface area contributed by atoms with Crippen molar-refractivity contribution in [3.8, 4) is 17.2 Å². The molecule has 0 atom stereocenters. The lowest BCUT2D eigenvalue weighted by molar-refractivity contribution is 0.405. The minimum Gasteiger partial charge on any atom is -0.496 e. The molecular formula is C17H19ClN2O3S. The number of benzene rings is 2. The van der Waals surface area contributed by atoms with E-state index in [2.05, 4.69) is 10.6 Å². The van der Waals surface area contributed by atoms with E-state index in [1.54, 1.807) is 33.5 Å². The van der Waals surface area contributed by atoms with Gasteiger partial charge in [0.1, 0.15) is 17.2 Å². The van der Waals surface area contributed by atoms with Crippen LogP contribution in [0.4, 0.5) is 5.69 Å². The van der Waals surface area contributed by atoms with Crippen molar-refractivity contribution >= 4 is 34.6 Å². The molecule has 24 heavy (non-hydrogen) atoms. The van der Waals surface area contributed by atoms with Crippen molar-refractivity contribution in [3.63, 3.8) is 0 Å². The summed E-state index contributed by atoms with van der Waals surface area (Å²) in [5.74, 6) is 1.91. The molecule has 0 aliphatic rings. The van der Waals surface area contributed by atoms with Gasteiger partial charge >= 0.3 is 0 Å². The van der Waals surface area contributed by atoms with Crippen LogP contribution in [0.15, 0.2) is 36.4 Å². The Morgan fingerprint density at radius 1 is 1.00 bits per heavy atom. The average molecular weight is 367 g/mol. The van der Waals surface area contributed by atoms with Crippen LogP contribution >= 0.6 is 23.8 Å². The van der Waals surface area contributed by atoms with Crippen LogP contribution in [-0.2, 0) is 6.54 Å². The van der Waals surface area contributed by atoms with Crippen molar-refractivity contribution in [3.05, 3.63) is 47.0 Å². The van der Waals surface area contributed by atoms with Crippen molar-refractivity contribution in [2.75, 3.05) is 26.6 Å². The van der Waals surface area contributed by atoms with E-state index in [0.717, 1.165) is 11.3 Å². The van der Waals surface area contributed by atoms with Crippen LogP contribution < -0.4 is 24.8 Å². The molecule has 0 fully saturated rings. The van der Waals surface area contributed by atoms with Crippen molar-refractivity contribution in [1.29, 1.82) is 0 Å². The van der Waals surface area contributed by atoms with Crippen molar-refractivity contribution < 1.29 is 14.2 Å². The van der Waals surface area contributed by atoms with Gasteiger partial charge in [0, 0.05) is 24.2 Å². The van der Waals surface area contributed by atoms with Crippen molar-refractivity contribution in [2.24, 2.45) is 0 Å². The molecule has 128 valence electrons. The maximum absolute atomic E-state index is 6.10. The fraction of sp³-hybridized carbons (Fsp3) is 0.235. The van der Waals surface area contributed by atoms with E-state index < -0.39 is 0 Å². The summed E-state index contributed by atoms with van der Waals surface area (Å²) in [5.41, 5.74) is 1.67. The Morgan fingerprint density at radius 2 is 1.67 bits per heavy atom. The van der Waals surface area contributed by atoms with Gasteiger partial charge in [0.25, 0.3) is 0 Å². The Morgan fingerprint density at radius 3 is 2.33 bits per heavy atom. The molecule has 0 aliphatic carbocycles. The summed E-state index contributed by atoms with van der Waals surface area (Å²) < 4.78 is 15.9. The van der Waals surface area contributed by atoms with Gasteiger partial charge in [0.2, 0.25) is 0 Å². The van der Waals surface area contributed by atoms with Crippen molar-refractivity contribution in [1.82, 2.24) is 5.32 Å². The smallest absolute Gasteiger partial charge is 0.171 e. The molecule has 0 saturated heterocycles. The quantitative estimate of drug-likeness (QED) is 0.757. The van der Waals surface area contributed by atoms with E-state index in [-0.39, 0.29) is 0 Å². The number of rotatable bonds is 6. The van der Waals surface area contributed by atoms with Gasteiger partial charge in [-0.15, -0.1) is 0 Å². The Kier molecular flexibility index (Phi) is 6.52. The van der Waals surface area contributed by atoms with E-state index >= 15 is 0 Å². The standard InChI is InChI=1S/C17H19ClN2O3S/c1-21-14-7-5-4-6-11(14)10-19-17(24)20-13-9-15(22-2)12(18)8-16(13)23-3/h4-9H,10H2,1-3H3,(H2,19,20,24). The van der Waals surface area contributed by atoms with E-state index in [9.17, 15) is 0 Å². The highest BCUT2D eigenvalue weighted by atomic mass is 35.5. The molecule has 0 aliphatic heterocycles. The SMILES string of the molecule is COc1cc(NC(=S)NCc2ccccc2OC)c(OC)cc1Cl. The number of hydrogen-bond donors (Lipinski definition) is 2. The Labute approximate surface area is 151 Å². The van der Waals surface area contributed by atoms with Gasteiger partial charge in [-0.1, -0.05) is 29.8 Å². The predicted molar refractivity (Wildman–Crippen MR) is 101 cm³/mol. The van der Waals surface area contributed by atoms with Crippen LogP contribution in [0.5, 0.6) is 17.2 Å². The second-order valence-electron chi connectivity index (χ2n) is 4.81. The molecule has 0 bridgehead atoms. The number of halogens is 1. The molecule has 2 rings (SSSR count). The molecular weight excluding hydrogens is 348 g/mol. The number of ether oxygens (including phenoxy) is 3. The number of thiocarbonyl (C=S) groups is 1. The van der Waals surface area contributed by atoms with E-state index in [4.69, 9.17) is 38.0 Å². The molecule has 0 unspecified atom stereocenters. The minimum atomic E-state index is 0.448. The third-order valence-corrected chi connectivity index (χ3v) is 3.90. The van der Waals surface area contributed by atoms with Crippen LogP contribution in [0, 0.1) is 0 Å². The molecule has 0 radical (unpaired) electrons. The summed E-state index contributed by atoms with van der Waals surface area (Å²) >= 11 is 11.4. The van der Waals surface area contributed by atoms with Crippen LogP contribution in [0.2, 0.25) is 5.02 Å². The Balaban J connectivity index is 2.07. The van der Waals surface area contributed by atoms with Gasteiger partial charge in [-0.25, -0.2) is 0 Å². The highest BCUT2D eigenvalue weighted by molar-refractivity contribution is 7.80. The maximum Gasteiger partial charge on any atom is 0.171 e. The summed E-state index contributed by atoms with van der Waals surface area (Å²) in [4.78, 5) is 0. The first-order valence-electron chi connectivity index (χ1n) is 7.17. The molecule has 0 aromatic heterocycles. The van der Waals surface area contributed by atoms with E-state index in [1.807, 2.05) is 24.3 Å². The highest BCUT2D eigenvalue weighted by Crippen LogP contribution is 2.35. The third kappa shape index (κ3) is 4.43. The number of methoxy groups -OCH3 is 3. The monoisotopic (exact) mass is 366 g/mol. The second kappa shape index (κ2) is 8.61. The topological polar surface area (TPSA) is 51.8 Å². The largest absolute Gasteiger partial charge is 0.496 e. The van der Waals surface area contributed by atoms with Crippen LogP contribution in [-0.4, -0.2) is 26.4 Å². The van der Waals surface area contributed by atoms with E-state index in [1.165, 1.54) is 0 Å². The summed E-state index contributed by atoms with van der Waals surface area (Å²) in [5, 5.41) is 7.14. The Bertz CT molecular complexity index is 725. The molecule has 0 amide bonds.